The number of benzene rings is 1. The zero-order valence-electron chi connectivity index (χ0n) is 8.60. The van der Waals surface area contributed by atoms with Gasteiger partial charge in [0.25, 0.3) is 6.47 Å². The predicted octanol–water partition coefficient (Wildman–Crippen LogP) is 2.26. The molecule has 1 rings (SSSR count). The van der Waals surface area contributed by atoms with Crippen molar-refractivity contribution in [3.05, 3.63) is 30.3 Å². The normalized spacial score (nSPS) is 8.14. The van der Waals surface area contributed by atoms with Crippen LogP contribution in [0.25, 0.3) is 0 Å². The maximum absolute atomic E-state index is 9.18. The number of rotatable bonds is 4. The minimum absolute atomic E-state index is 0.431. The van der Waals surface area contributed by atoms with Gasteiger partial charge >= 0.3 is 0 Å². The van der Waals surface area contributed by atoms with Crippen LogP contribution in [-0.4, -0.2) is 19.7 Å². The Labute approximate surface area is 84.7 Å². The third kappa shape index (κ3) is 7.16. The summed E-state index contributed by atoms with van der Waals surface area (Å²) in [6.07, 6.45) is 0. The van der Waals surface area contributed by atoms with Crippen LogP contribution in [0.2, 0.25) is 0 Å². The van der Waals surface area contributed by atoms with Gasteiger partial charge < -0.3 is 9.47 Å². The fourth-order valence-electron chi connectivity index (χ4n) is 0.751. The van der Waals surface area contributed by atoms with Crippen LogP contribution in [0.4, 0.5) is 0 Å². The van der Waals surface area contributed by atoms with E-state index in [2.05, 4.69) is 4.74 Å². The number of para-hydroxylation sites is 1. The van der Waals surface area contributed by atoms with Gasteiger partial charge in [0.2, 0.25) is 0 Å². The fourth-order valence-corrected chi connectivity index (χ4v) is 0.751. The molecule has 0 saturated carbocycles. The van der Waals surface area contributed by atoms with E-state index in [1.807, 2.05) is 37.3 Å². The maximum Gasteiger partial charge on any atom is 0.293 e. The van der Waals surface area contributed by atoms with Gasteiger partial charge in [-0.3, -0.25) is 4.79 Å². The molecule has 0 spiro atoms. The lowest BCUT2D eigenvalue weighted by atomic mass is 10.3. The van der Waals surface area contributed by atoms with E-state index in [4.69, 9.17) is 4.74 Å². The summed E-state index contributed by atoms with van der Waals surface area (Å²) in [7, 11) is 0. The van der Waals surface area contributed by atoms with Crippen LogP contribution in [-0.2, 0) is 9.53 Å². The summed E-state index contributed by atoms with van der Waals surface area (Å²) in [4.78, 5) is 9.18. The largest absolute Gasteiger partial charge is 0.494 e. The molecule has 0 bridgehead atoms. The van der Waals surface area contributed by atoms with Crippen LogP contribution < -0.4 is 4.74 Å². The van der Waals surface area contributed by atoms with Gasteiger partial charge in [0, 0.05) is 0 Å². The molecule has 0 radical (unpaired) electrons. The zero-order chi connectivity index (χ0) is 10.6. The van der Waals surface area contributed by atoms with Crippen LogP contribution in [0, 0.1) is 0 Å². The SMILES string of the molecule is CCOC=O.CCOc1ccccc1. The number of hydrogen-bond donors (Lipinski definition) is 0. The number of carbonyl (C=O) groups excluding carboxylic acids is 1. The molecule has 0 N–H and O–H groups in total. The molecule has 0 aliphatic rings. The Morgan fingerprint density at radius 2 is 1.79 bits per heavy atom. The molecule has 0 aromatic heterocycles. The average molecular weight is 196 g/mol. The van der Waals surface area contributed by atoms with E-state index in [-0.39, 0.29) is 0 Å². The van der Waals surface area contributed by atoms with Crippen molar-refractivity contribution >= 4 is 6.47 Å². The molecule has 0 fully saturated rings. The quantitative estimate of drug-likeness (QED) is 0.693. The van der Waals surface area contributed by atoms with Gasteiger partial charge in [0.15, 0.2) is 0 Å². The third-order valence-corrected chi connectivity index (χ3v) is 1.29. The van der Waals surface area contributed by atoms with Crippen molar-refractivity contribution in [2.75, 3.05) is 13.2 Å². The molecule has 3 nitrogen and oxygen atoms in total. The van der Waals surface area contributed by atoms with Crippen molar-refractivity contribution in [3.8, 4) is 5.75 Å². The van der Waals surface area contributed by atoms with Gasteiger partial charge in [0.05, 0.1) is 13.2 Å². The predicted molar refractivity (Wildman–Crippen MR) is 55.3 cm³/mol. The van der Waals surface area contributed by atoms with Crippen LogP contribution >= 0.6 is 0 Å². The second-order valence-corrected chi connectivity index (χ2v) is 2.30. The third-order valence-electron chi connectivity index (χ3n) is 1.29. The van der Waals surface area contributed by atoms with Crippen molar-refractivity contribution in [2.45, 2.75) is 13.8 Å². The molecule has 78 valence electrons. The minimum atomic E-state index is 0.431. The van der Waals surface area contributed by atoms with Gasteiger partial charge in [-0.15, -0.1) is 0 Å². The first-order valence-corrected chi connectivity index (χ1v) is 4.58. The van der Waals surface area contributed by atoms with Crippen molar-refractivity contribution in [3.63, 3.8) is 0 Å². The van der Waals surface area contributed by atoms with Crippen molar-refractivity contribution in [1.29, 1.82) is 0 Å². The number of hydrogen-bond acceptors (Lipinski definition) is 3. The summed E-state index contributed by atoms with van der Waals surface area (Å²) in [5.74, 6) is 0.944. The lowest BCUT2D eigenvalue weighted by Gasteiger charge is -1.99. The van der Waals surface area contributed by atoms with Crippen LogP contribution in [0.3, 0.4) is 0 Å². The second kappa shape index (κ2) is 9.58. The van der Waals surface area contributed by atoms with E-state index in [0.29, 0.717) is 13.1 Å². The highest BCUT2D eigenvalue weighted by atomic mass is 16.5. The van der Waals surface area contributed by atoms with Crippen molar-refractivity contribution in [2.24, 2.45) is 0 Å². The van der Waals surface area contributed by atoms with E-state index < -0.39 is 0 Å². The lowest BCUT2D eigenvalue weighted by Crippen LogP contribution is -1.89. The van der Waals surface area contributed by atoms with Crippen LogP contribution in [0.5, 0.6) is 5.75 Å². The fraction of sp³-hybridized carbons (Fsp3) is 0.364. The Morgan fingerprint density at radius 1 is 1.14 bits per heavy atom. The molecule has 1 aromatic rings. The molecular formula is C11H16O3. The van der Waals surface area contributed by atoms with E-state index >= 15 is 0 Å². The Bertz CT molecular complexity index is 221. The standard InChI is InChI=1S/C8H10O.C3H6O2/c1-2-9-8-6-4-3-5-7-8;1-2-5-3-4/h3-7H,2H2,1H3;3H,2H2,1H3. The molecular weight excluding hydrogens is 180 g/mol. The van der Waals surface area contributed by atoms with Gasteiger partial charge in [0.1, 0.15) is 5.75 Å². The first kappa shape index (κ1) is 12.5. The zero-order valence-corrected chi connectivity index (χ0v) is 8.60. The first-order chi connectivity index (χ1) is 6.85. The van der Waals surface area contributed by atoms with E-state index in [0.717, 1.165) is 12.4 Å². The Balaban J connectivity index is 0.000000292. The van der Waals surface area contributed by atoms with Crippen LogP contribution in [0.15, 0.2) is 30.3 Å². The Kier molecular flexibility index (Phi) is 8.54. The number of carbonyl (C=O) groups is 1. The highest BCUT2D eigenvalue weighted by molar-refractivity contribution is 5.36. The second-order valence-electron chi connectivity index (χ2n) is 2.30. The maximum atomic E-state index is 9.18. The topological polar surface area (TPSA) is 35.5 Å². The molecule has 0 amide bonds. The molecule has 0 unspecified atom stereocenters. The summed E-state index contributed by atoms with van der Waals surface area (Å²) in [5.41, 5.74) is 0. The molecule has 3 heteroatoms. The minimum Gasteiger partial charge on any atom is -0.494 e. The molecule has 0 saturated heterocycles. The average Bonchev–Trinajstić information content (AvgIpc) is 2.22. The summed E-state index contributed by atoms with van der Waals surface area (Å²) >= 11 is 0. The summed E-state index contributed by atoms with van der Waals surface area (Å²) in [6, 6.07) is 9.80. The smallest absolute Gasteiger partial charge is 0.293 e. The Morgan fingerprint density at radius 3 is 2.14 bits per heavy atom. The monoisotopic (exact) mass is 196 g/mol. The summed E-state index contributed by atoms with van der Waals surface area (Å²) < 4.78 is 9.36. The first-order valence-electron chi connectivity index (χ1n) is 4.58. The van der Waals surface area contributed by atoms with Crippen molar-refractivity contribution in [1.82, 2.24) is 0 Å². The molecule has 1 aromatic carbocycles. The van der Waals surface area contributed by atoms with Gasteiger partial charge in [-0.2, -0.15) is 0 Å². The Hall–Kier alpha value is -1.51. The molecule has 0 heterocycles. The van der Waals surface area contributed by atoms with Gasteiger partial charge in [-0.1, -0.05) is 18.2 Å². The molecule has 0 atom stereocenters. The highest BCUT2D eigenvalue weighted by Crippen LogP contribution is 2.06. The summed E-state index contributed by atoms with van der Waals surface area (Å²) in [5, 5.41) is 0. The van der Waals surface area contributed by atoms with E-state index in [9.17, 15) is 4.79 Å². The summed E-state index contributed by atoms with van der Waals surface area (Å²) in [6.45, 7) is 5.38. The van der Waals surface area contributed by atoms with E-state index in [1.165, 1.54) is 0 Å². The molecule has 14 heavy (non-hydrogen) atoms. The van der Waals surface area contributed by atoms with Gasteiger partial charge in [-0.25, -0.2) is 0 Å². The van der Waals surface area contributed by atoms with E-state index in [1.54, 1.807) is 6.92 Å². The van der Waals surface area contributed by atoms with Gasteiger partial charge in [-0.05, 0) is 26.0 Å². The lowest BCUT2D eigenvalue weighted by molar-refractivity contribution is -0.128. The molecule has 0 aliphatic heterocycles. The van der Waals surface area contributed by atoms with Crippen molar-refractivity contribution < 1.29 is 14.3 Å². The number of ether oxygens (including phenoxy) is 2. The highest BCUT2D eigenvalue weighted by Gasteiger charge is 1.83. The van der Waals surface area contributed by atoms with Crippen LogP contribution in [0.1, 0.15) is 13.8 Å². The molecule has 0 aliphatic carbocycles.